The molecule has 1 aromatic carbocycles. The largest absolute Gasteiger partial charge is 0.490 e. The zero-order chi connectivity index (χ0) is 16.4. The summed E-state index contributed by atoms with van der Waals surface area (Å²) in [4.78, 5) is 11.5. The lowest BCUT2D eigenvalue weighted by atomic mass is 10.0. The minimum absolute atomic E-state index is 0.137. The summed E-state index contributed by atoms with van der Waals surface area (Å²) in [6.07, 6.45) is 6.55. The summed E-state index contributed by atoms with van der Waals surface area (Å²) in [5.74, 6) is 1.38. The molecule has 0 heterocycles. The van der Waals surface area contributed by atoms with Crippen molar-refractivity contribution in [3.05, 3.63) is 29.6 Å². The highest BCUT2D eigenvalue weighted by atomic mass is 32.2. The van der Waals surface area contributed by atoms with Gasteiger partial charge in [-0.2, -0.15) is 11.8 Å². The molecule has 0 fully saturated rings. The number of benzene rings is 1. The summed E-state index contributed by atoms with van der Waals surface area (Å²) in [7, 11) is 0. The number of halogens is 1. The first-order valence-electron chi connectivity index (χ1n) is 7.97. The molecular formula is C18H27FO2S. The molecule has 0 N–H and O–H groups in total. The number of Topliss-reactive ketones (excluding diaryl/α,β-unsaturated/α-hetero) is 1. The molecule has 1 rings (SSSR count). The van der Waals surface area contributed by atoms with E-state index in [4.69, 9.17) is 4.74 Å². The van der Waals surface area contributed by atoms with E-state index in [-0.39, 0.29) is 11.7 Å². The highest BCUT2D eigenvalue weighted by Gasteiger charge is 2.07. The van der Waals surface area contributed by atoms with Crippen LogP contribution < -0.4 is 4.74 Å². The van der Waals surface area contributed by atoms with Crippen LogP contribution in [0.3, 0.4) is 0 Å². The second-order valence-corrected chi connectivity index (χ2v) is 6.77. The van der Waals surface area contributed by atoms with Gasteiger partial charge in [-0.3, -0.25) is 4.79 Å². The smallest absolute Gasteiger partial charge is 0.165 e. The van der Waals surface area contributed by atoms with Gasteiger partial charge in [0, 0.05) is 18.1 Å². The zero-order valence-electron chi connectivity index (χ0n) is 13.9. The Morgan fingerprint density at radius 2 is 2.05 bits per heavy atom. The Balaban J connectivity index is 2.33. The van der Waals surface area contributed by atoms with Gasteiger partial charge >= 0.3 is 0 Å². The lowest BCUT2D eigenvalue weighted by Gasteiger charge is -2.09. The number of hydrogen-bond acceptors (Lipinski definition) is 3. The van der Waals surface area contributed by atoms with Crippen LogP contribution in [0.25, 0.3) is 0 Å². The van der Waals surface area contributed by atoms with E-state index in [0.717, 1.165) is 37.0 Å². The lowest BCUT2D eigenvalue weighted by molar-refractivity contribution is -0.122. The van der Waals surface area contributed by atoms with Crippen molar-refractivity contribution in [2.24, 2.45) is 5.92 Å². The van der Waals surface area contributed by atoms with Crippen LogP contribution in [0.2, 0.25) is 0 Å². The van der Waals surface area contributed by atoms with Crippen LogP contribution >= 0.6 is 11.8 Å². The Morgan fingerprint density at radius 3 is 2.73 bits per heavy atom. The molecule has 0 amide bonds. The van der Waals surface area contributed by atoms with Crippen LogP contribution in [-0.2, 0) is 11.2 Å². The average molecular weight is 326 g/mol. The number of carbonyl (C=O) groups excluding carboxylic acids is 1. The van der Waals surface area contributed by atoms with E-state index in [0.29, 0.717) is 24.6 Å². The van der Waals surface area contributed by atoms with Crippen molar-refractivity contribution in [3.63, 3.8) is 0 Å². The van der Waals surface area contributed by atoms with Gasteiger partial charge in [-0.05, 0) is 43.2 Å². The minimum atomic E-state index is -0.299. The van der Waals surface area contributed by atoms with E-state index in [1.165, 1.54) is 6.07 Å². The van der Waals surface area contributed by atoms with Crippen molar-refractivity contribution in [2.45, 2.75) is 46.0 Å². The Labute approximate surface area is 137 Å². The SMILES string of the molecule is CSCCOc1cc(CCCCCC(=O)C(C)C)ccc1F. The highest BCUT2D eigenvalue weighted by Crippen LogP contribution is 2.20. The molecule has 0 aromatic heterocycles. The van der Waals surface area contributed by atoms with Gasteiger partial charge in [-0.15, -0.1) is 0 Å². The summed E-state index contributed by atoms with van der Waals surface area (Å²) in [5, 5.41) is 0. The van der Waals surface area contributed by atoms with Crippen molar-refractivity contribution < 1.29 is 13.9 Å². The summed E-state index contributed by atoms with van der Waals surface area (Å²) < 4.78 is 19.1. The fraction of sp³-hybridized carbons (Fsp3) is 0.611. The van der Waals surface area contributed by atoms with Crippen LogP contribution in [0.15, 0.2) is 18.2 Å². The summed E-state index contributed by atoms with van der Waals surface area (Å²) in [6, 6.07) is 5.09. The van der Waals surface area contributed by atoms with Crippen molar-refractivity contribution in [3.8, 4) is 5.75 Å². The third-order valence-electron chi connectivity index (χ3n) is 3.57. The molecule has 0 aliphatic heterocycles. The molecule has 0 spiro atoms. The lowest BCUT2D eigenvalue weighted by Crippen LogP contribution is -2.06. The molecule has 2 nitrogen and oxygen atoms in total. The fourth-order valence-corrected chi connectivity index (χ4v) is 2.39. The summed E-state index contributed by atoms with van der Waals surface area (Å²) >= 11 is 1.68. The number of rotatable bonds is 11. The Morgan fingerprint density at radius 1 is 1.27 bits per heavy atom. The standard InChI is InChI=1S/C18H27FO2S/c1-14(2)17(20)8-6-4-5-7-15-9-10-16(19)18(13-15)21-11-12-22-3/h9-10,13-14H,4-8,11-12H2,1-3H3. The van der Waals surface area contributed by atoms with E-state index < -0.39 is 0 Å². The third-order valence-corrected chi connectivity index (χ3v) is 4.15. The molecule has 124 valence electrons. The monoisotopic (exact) mass is 326 g/mol. The van der Waals surface area contributed by atoms with Gasteiger partial charge in [0.15, 0.2) is 11.6 Å². The predicted octanol–water partition coefficient (Wildman–Crippen LogP) is 4.90. The van der Waals surface area contributed by atoms with E-state index in [9.17, 15) is 9.18 Å². The number of hydrogen-bond donors (Lipinski definition) is 0. The Bertz CT molecular complexity index is 460. The van der Waals surface area contributed by atoms with Gasteiger partial charge in [0.05, 0.1) is 6.61 Å². The molecule has 0 saturated heterocycles. The first-order chi connectivity index (χ1) is 10.5. The Kier molecular flexibility index (Phi) is 9.21. The second-order valence-electron chi connectivity index (χ2n) is 5.79. The Hall–Kier alpha value is -1.03. The molecule has 1 aromatic rings. The highest BCUT2D eigenvalue weighted by molar-refractivity contribution is 7.98. The zero-order valence-corrected chi connectivity index (χ0v) is 14.7. The van der Waals surface area contributed by atoms with Crippen LogP contribution in [0, 0.1) is 11.7 Å². The third kappa shape index (κ3) is 7.30. The van der Waals surface area contributed by atoms with Gasteiger partial charge in [-0.1, -0.05) is 26.3 Å². The number of carbonyl (C=O) groups is 1. The normalized spacial score (nSPS) is 11.0. The van der Waals surface area contributed by atoms with Crippen LogP contribution in [0.4, 0.5) is 4.39 Å². The van der Waals surface area contributed by atoms with Crippen molar-refractivity contribution in [1.82, 2.24) is 0 Å². The molecule has 22 heavy (non-hydrogen) atoms. The molecule has 4 heteroatoms. The molecule has 0 aliphatic rings. The number of unbranched alkanes of at least 4 members (excludes halogenated alkanes) is 2. The van der Waals surface area contributed by atoms with Gasteiger partial charge in [0.2, 0.25) is 0 Å². The van der Waals surface area contributed by atoms with Crippen LogP contribution in [0.1, 0.15) is 45.1 Å². The van der Waals surface area contributed by atoms with Gasteiger partial charge in [-0.25, -0.2) is 4.39 Å². The average Bonchev–Trinajstić information content (AvgIpc) is 2.49. The minimum Gasteiger partial charge on any atom is -0.490 e. The number of ether oxygens (including phenoxy) is 1. The molecule has 0 unspecified atom stereocenters. The summed E-state index contributed by atoms with van der Waals surface area (Å²) in [6.45, 7) is 4.41. The van der Waals surface area contributed by atoms with Crippen LogP contribution in [0.5, 0.6) is 5.75 Å². The number of thioether (sulfide) groups is 1. The van der Waals surface area contributed by atoms with Crippen molar-refractivity contribution in [2.75, 3.05) is 18.6 Å². The number of aryl methyl sites for hydroxylation is 1. The fourth-order valence-electron chi connectivity index (χ4n) is 2.14. The van der Waals surface area contributed by atoms with E-state index in [1.807, 2.05) is 26.2 Å². The van der Waals surface area contributed by atoms with Crippen molar-refractivity contribution >= 4 is 17.5 Å². The van der Waals surface area contributed by atoms with Gasteiger partial charge < -0.3 is 4.74 Å². The van der Waals surface area contributed by atoms with Gasteiger partial charge in [0.1, 0.15) is 5.78 Å². The van der Waals surface area contributed by atoms with E-state index in [2.05, 4.69) is 0 Å². The second kappa shape index (κ2) is 10.7. The molecule has 0 radical (unpaired) electrons. The maximum Gasteiger partial charge on any atom is 0.165 e. The summed E-state index contributed by atoms with van der Waals surface area (Å²) in [5.41, 5.74) is 1.09. The first-order valence-corrected chi connectivity index (χ1v) is 9.37. The molecule has 0 saturated carbocycles. The van der Waals surface area contributed by atoms with E-state index >= 15 is 0 Å². The predicted molar refractivity (Wildman–Crippen MR) is 92.3 cm³/mol. The molecule has 0 aliphatic carbocycles. The quantitative estimate of drug-likeness (QED) is 0.541. The molecule has 0 atom stereocenters. The topological polar surface area (TPSA) is 26.3 Å². The van der Waals surface area contributed by atoms with E-state index in [1.54, 1.807) is 17.8 Å². The maximum atomic E-state index is 13.6. The number of ketones is 1. The molecule has 0 bridgehead atoms. The molecular weight excluding hydrogens is 299 g/mol. The van der Waals surface area contributed by atoms with Crippen molar-refractivity contribution in [1.29, 1.82) is 0 Å². The van der Waals surface area contributed by atoms with Gasteiger partial charge in [0.25, 0.3) is 0 Å². The maximum absolute atomic E-state index is 13.6. The first kappa shape index (κ1) is 19.0. The van der Waals surface area contributed by atoms with Crippen LogP contribution in [-0.4, -0.2) is 24.4 Å².